The first-order valence-electron chi connectivity index (χ1n) is 10.1. The number of aliphatic hydroxyl groups excluding tert-OH is 1. The number of Topliss-reactive ketones (excluding diaryl/α,β-unsaturated/α-hetero) is 2. The fourth-order valence-corrected chi connectivity index (χ4v) is 7.46. The lowest BCUT2D eigenvalue weighted by atomic mass is 9.41. The van der Waals surface area contributed by atoms with Crippen LogP contribution >= 0.6 is 0 Å². The lowest BCUT2D eigenvalue weighted by molar-refractivity contribution is -0.208. The standard InChI is InChI=1S/C22H30O5/c1-11-8-13-9-15-21(5)7-6-16(24)20(3,4)14(21)10-17(25)22(15,18(11)26)19(13)27-12(2)23/h13-15,17,19,25H,1,6-10H2,2-5H3/t13-,14-,15+,17+,19-,21-,22+/m0/s1. The Bertz CT molecular complexity index is 752. The number of hydrogen-bond acceptors (Lipinski definition) is 5. The Hall–Kier alpha value is -1.49. The Labute approximate surface area is 160 Å². The van der Waals surface area contributed by atoms with Crippen molar-refractivity contribution in [1.29, 1.82) is 0 Å². The van der Waals surface area contributed by atoms with Crippen LogP contribution in [0, 0.1) is 34.0 Å². The molecule has 5 heteroatoms. The predicted molar refractivity (Wildman–Crippen MR) is 98.6 cm³/mol. The van der Waals surface area contributed by atoms with Crippen LogP contribution in [0.5, 0.6) is 0 Å². The Morgan fingerprint density at radius 2 is 1.85 bits per heavy atom. The van der Waals surface area contributed by atoms with Gasteiger partial charge in [0.15, 0.2) is 5.78 Å². The molecular weight excluding hydrogens is 344 g/mol. The van der Waals surface area contributed by atoms with E-state index in [2.05, 4.69) is 13.5 Å². The van der Waals surface area contributed by atoms with Crippen LogP contribution in [0.25, 0.3) is 0 Å². The van der Waals surface area contributed by atoms with E-state index >= 15 is 0 Å². The van der Waals surface area contributed by atoms with Crippen LogP contribution in [0.3, 0.4) is 0 Å². The van der Waals surface area contributed by atoms with Gasteiger partial charge in [-0.1, -0.05) is 27.4 Å². The number of carbonyl (C=O) groups is 3. The zero-order valence-electron chi connectivity index (χ0n) is 16.7. The van der Waals surface area contributed by atoms with Crippen LogP contribution in [0.1, 0.15) is 59.8 Å². The number of fused-ring (bicyclic) bond motifs is 3. The monoisotopic (exact) mass is 374 g/mol. The summed E-state index contributed by atoms with van der Waals surface area (Å²) in [7, 11) is 0. The topological polar surface area (TPSA) is 80.7 Å². The summed E-state index contributed by atoms with van der Waals surface area (Å²) < 4.78 is 5.70. The minimum absolute atomic E-state index is 0.00932. The molecule has 4 aliphatic rings. The van der Waals surface area contributed by atoms with E-state index in [4.69, 9.17) is 4.74 Å². The smallest absolute Gasteiger partial charge is 0.302 e. The zero-order valence-corrected chi connectivity index (χ0v) is 16.7. The van der Waals surface area contributed by atoms with Crippen molar-refractivity contribution in [1.82, 2.24) is 0 Å². The Balaban J connectivity index is 1.88. The number of carbonyl (C=O) groups excluding carboxylic acids is 3. The lowest BCUT2D eigenvalue weighted by Gasteiger charge is -2.62. The molecule has 4 aliphatic carbocycles. The third-order valence-corrected chi connectivity index (χ3v) is 8.61. The Kier molecular flexibility index (Phi) is 3.86. The summed E-state index contributed by atoms with van der Waals surface area (Å²) in [4.78, 5) is 37.9. The number of rotatable bonds is 1. The summed E-state index contributed by atoms with van der Waals surface area (Å²) in [5, 5.41) is 11.4. The van der Waals surface area contributed by atoms with Gasteiger partial charge in [0, 0.05) is 24.7 Å². The molecule has 1 N–H and O–H groups in total. The molecule has 27 heavy (non-hydrogen) atoms. The molecule has 0 aromatic carbocycles. The minimum atomic E-state index is -1.10. The normalized spacial score (nSPS) is 48.0. The third kappa shape index (κ3) is 2.12. The second-order valence-corrected chi connectivity index (χ2v) is 10.1. The molecule has 5 nitrogen and oxygen atoms in total. The molecule has 0 radical (unpaired) electrons. The largest absolute Gasteiger partial charge is 0.461 e. The SMILES string of the molecule is C=C1C[C@H]2C[C@@H]3[C@@]4(C)CCC(=O)C(C)(C)[C@@H]4C[C@@H](O)[C@]3(C1=O)[C@H]2OC(C)=O. The highest BCUT2D eigenvalue weighted by molar-refractivity contribution is 6.02. The van der Waals surface area contributed by atoms with Crippen molar-refractivity contribution in [2.24, 2.45) is 34.0 Å². The molecule has 7 atom stereocenters. The van der Waals surface area contributed by atoms with Gasteiger partial charge in [-0.05, 0) is 48.5 Å². The van der Waals surface area contributed by atoms with Gasteiger partial charge in [0.25, 0.3) is 0 Å². The number of esters is 1. The van der Waals surface area contributed by atoms with Gasteiger partial charge in [-0.15, -0.1) is 0 Å². The molecular formula is C22H30O5. The van der Waals surface area contributed by atoms with Gasteiger partial charge in [-0.25, -0.2) is 0 Å². The average molecular weight is 374 g/mol. The van der Waals surface area contributed by atoms with Gasteiger partial charge in [0.05, 0.1) is 11.5 Å². The summed E-state index contributed by atoms with van der Waals surface area (Å²) in [6.45, 7) is 11.5. The van der Waals surface area contributed by atoms with Crippen molar-refractivity contribution in [3.8, 4) is 0 Å². The Morgan fingerprint density at radius 1 is 1.19 bits per heavy atom. The third-order valence-electron chi connectivity index (χ3n) is 8.61. The number of aliphatic hydroxyl groups is 1. The molecule has 0 aromatic heterocycles. The number of allylic oxidation sites excluding steroid dienone is 1. The maximum atomic E-state index is 13.5. The van der Waals surface area contributed by atoms with Crippen LogP contribution in [-0.2, 0) is 19.1 Å². The van der Waals surface area contributed by atoms with E-state index in [1.165, 1.54) is 6.92 Å². The van der Waals surface area contributed by atoms with E-state index in [0.29, 0.717) is 24.8 Å². The molecule has 148 valence electrons. The second kappa shape index (κ2) is 5.53. The molecule has 2 bridgehead atoms. The summed E-state index contributed by atoms with van der Waals surface area (Å²) in [5.74, 6) is -0.391. The van der Waals surface area contributed by atoms with Crippen LogP contribution in [-0.4, -0.2) is 34.9 Å². The van der Waals surface area contributed by atoms with E-state index < -0.39 is 29.0 Å². The quantitative estimate of drug-likeness (QED) is 0.564. The highest BCUT2D eigenvalue weighted by atomic mass is 16.5. The Morgan fingerprint density at radius 3 is 2.48 bits per heavy atom. The predicted octanol–water partition coefficient (Wildman–Crippen LogP) is 2.85. The summed E-state index contributed by atoms with van der Waals surface area (Å²) in [6.07, 6.45) is 1.34. The van der Waals surface area contributed by atoms with Gasteiger partial charge < -0.3 is 9.84 Å². The first-order valence-corrected chi connectivity index (χ1v) is 10.1. The number of hydrogen-bond donors (Lipinski definition) is 1. The molecule has 0 unspecified atom stereocenters. The van der Waals surface area contributed by atoms with Crippen molar-refractivity contribution < 1.29 is 24.2 Å². The maximum Gasteiger partial charge on any atom is 0.302 e. The number of ketones is 2. The van der Waals surface area contributed by atoms with Gasteiger partial charge in [0.1, 0.15) is 11.9 Å². The van der Waals surface area contributed by atoms with Crippen LogP contribution < -0.4 is 0 Å². The number of ether oxygens (including phenoxy) is 1. The van der Waals surface area contributed by atoms with Gasteiger partial charge in [0.2, 0.25) is 0 Å². The zero-order chi connectivity index (χ0) is 19.9. The van der Waals surface area contributed by atoms with Gasteiger partial charge in [-0.2, -0.15) is 0 Å². The molecule has 0 amide bonds. The summed E-state index contributed by atoms with van der Waals surface area (Å²) >= 11 is 0. The molecule has 0 aromatic rings. The molecule has 4 saturated carbocycles. The molecule has 1 spiro atoms. The fraction of sp³-hybridized carbons (Fsp3) is 0.773. The van der Waals surface area contributed by atoms with E-state index in [-0.39, 0.29) is 34.7 Å². The molecule has 0 saturated heterocycles. The van der Waals surface area contributed by atoms with Crippen molar-refractivity contribution >= 4 is 17.5 Å². The van der Waals surface area contributed by atoms with E-state index in [0.717, 1.165) is 12.8 Å². The maximum absolute atomic E-state index is 13.5. The first kappa shape index (κ1) is 18.9. The first-order chi connectivity index (χ1) is 12.5. The lowest BCUT2D eigenvalue weighted by Crippen LogP contribution is -2.67. The van der Waals surface area contributed by atoms with E-state index in [9.17, 15) is 19.5 Å². The van der Waals surface area contributed by atoms with Crippen LogP contribution in [0.15, 0.2) is 12.2 Å². The summed E-state index contributed by atoms with van der Waals surface area (Å²) in [5.41, 5.74) is -1.33. The van der Waals surface area contributed by atoms with Crippen molar-refractivity contribution in [3.63, 3.8) is 0 Å². The van der Waals surface area contributed by atoms with Crippen molar-refractivity contribution in [3.05, 3.63) is 12.2 Å². The van der Waals surface area contributed by atoms with Gasteiger partial charge in [-0.3, -0.25) is 14.4 Å². The second-order valence-electron chi connectivity index (χ2n) is 10.1. The van der Waals surface area contributed by atoms with Crippen molar-refractivity contribution in [2.75, 3.05) is 0 Å². The molecule has 0 heterocycles. The van der Waals surface area contributed by atoms with Crippen LogP contribution in [0.2, 0.25) is 0 Å². The fourth-order valence-electron chi connectivity index (χ4n) is 7.46. The van der Waals surface area contributed by atoms with E-state index in [1.807, 2.05) is 13.8 Å². The molecule has 4 rings (SSSR count). The molecule has 0 aliphatic heterocycles. The van der Waals surface area contributed by atoms with Crippen LogP contribution in [0.4, 0.5) is 0 Å². The highest BCUT2D eigenvalue weighted by Crippen LogP contribution is 2.71. The van der Waals surface area contributed by atoms with E-state index in [1.54, 1.807) is 0 Å². The summed E-state index contributed by atoms with van der Waals surface area (Å²) in [6, 6.07) is 0. The minimum Gasteiger partial charge on any atom is -0.461 e. The van der Waals surface area contributed by atoms with Gasteiger partial charge >= 0.3 is 5.97 Å². The molecule has 4 fully saturated rings. The highest BCUT2D eigenvalue weighted by Gasteiger charge is 2.75. The van der Waals surface area contributed by atoms with Crippen molar-refractivity contribution in [2.45, 2.75) is 72.0 Å². The average Bonchev–Trinajstić information content (AvgIpc) is 2.83.